The number of rotatable bonds is 7. The first-order valence-electron chi connectivity index (χ1n) is 10.8. The van der Waals surface area contributed by atoms with Gasteiger partial charge in [0, 0.05) is 5.56 Å². The van der Waals surface area contributed by atoms with Crippen LogP contribution in [0.25, 0.3) is 22.6 Å². The summed E-state index contributed by atoms with van der Waals surface area (Å²) in [5.41, 5.74) is 1.96. The Balaban J connectivity index is 1.39. The molecule has 0 atom stereocenters. The molecule has 36 heavy (non-hydrogen) atoms. The Labute approximate surface area is 202 Å². The summed E-state index contributed by atoms with van der Waals surface area (Å²) in [6.07, 6.45) is 0. The van der Waals surface area contributed by atoms with Crippen molar-refractivity contribution in [2.75, 3.05) is 11.9 Å². The van der Waals surface area contributed by atoms with Crippen molar-refractivity contribution >= 4 is 28.7 Å². The van der Waals surface area contributed by atoms with Gasteiger partial charge in [-0.1, -0.05) is 12.1 Å². The average Bonchev–Trinajstić information content (AvgIpc) is 3.49. The molecule has 2 heterocycles. The lowest BCUT2D eigenvalue weighted by Crippen LogP contribution is -2.14. The Kier molecular flexibility index (Phi) is 6.18. The highest BCUT2D eigenvalue weighted by Gasteiger charge is 2.22. The average molecular weight is 489 g/mol. The Morgan fingerprint density at radius 2 is 1.56 bits per heavy atom. The fourth-order valence-corrected chi connectivity index (χ4v) is 3.58. The van der Waals surface area contributed by atoms with E-state index in [4.69, 9.17) is 9.37 Å². The van der Waals surface area contributed by atoms with Crippen LogP contribution in [0, 0.1) is 11.6 Å². The number of amides is 1. The molecule has 0 bridgehead atoms. The van der Waals surface area contributed by atoms with E-state index in [-0.39, 0.29) is 35.8 Å². The Morgan fingerprint density at radius 3 is 2.28 bits per heavy atom. The number of para-hydroxylation sites is 2. The quantitative estimate of drug-likeness (QED) is 0.336. The monoisotopic (exact) mass is 489 g/mol. The zero-order valence-electron chi connectivity index (χ0n) is 18.5. The molecular weight excluding hydrogens is 472 g/mol. The third-order valence-electron chi connectivity index (χ3n) is 5.32. The van der Waals surface area contributed by atoms with E-state index in [1.165, 1.54) is 48.5 Å². The summed E-state index contributed by atoms with van der Waals surface area (Å²) >= 11 is 0. The van der Waals surface area contributed by atoms with Crippen molar-refractivity contribution in [3.63, 3.8) is 0 Å². The lowest BCUT2D eigenvalue weighted by atomic mass is 10.2. The first-order valence-corrected chi connectivity index (χ1v) is 10.8. The van der Waals surface area contributed by atoms with Crippen LogP contribution in [-0.4, -0.2) is 38.3 Å². The standard InChI is InChI=1S/C25H17F2N5O4/c26-17-9-5-15(6-10-17)24(33)29-22-21(30-36-31-22)23-28-19-3-1-2-4-20(19)32(23)13-14-35-25(34)16-7-11-18(27)12-8-16/h1-12H,13-14H2,(H,29,31,33). The maximum Gasteiger partial charge on any atom is 0.338 e. The molecule has 0 unspecified atom stereocenters. The number of imidazole rings is 1. The van der Waals surface area contributed by atoms with Gasteiger partial charge in [-0.05, 0) is 71.0 Å². The number of hydrogen-bond acceptors (Lipinski definition) is 7. The number of nitrogens with zero attached hydrogens (tertiary/aromatic N) is 4. The second-order valence-corrected chi connectivity index (χ2v) is 7.64. The summed E-state index contributed by atoms with van der Waals surface area (Å²) in [6, 6.07) is 17.3. The molecule has 180 valence electrons. The summed E-state index contributed by atoms with van der Waals surface area (Å²) in [6.45, 7) is 0.174. The minimum Gasteiger partial charge on any atom is -0.460 e. The van der Waals surface area contributed by atoms with E-state index in [0.717, 1.165) is 5.52 Å². The molecule has 1 amide bonds. The van der Waals surface area contributed by atoms with Gasteiger partial charge in [-0.15, -0.1) is 0 Å². The van der Waals surface area contributed by atoms with E-state index >= 15 is 0 Å². The fourth-order valence-electron chi connectivity index (χ4n) is 3.58. The van der Waals surface area contributed by atoms with Gasteiger partial charge in [0.2, 0.25) is 5.82 Å². The number of nitrogens with one attached hydrogen (secondary N) is 1. The van der Waals surface area contributed by atoms with Crippen LogP contribution in [0.1, 0.15) is 20.7 Å². The highest BCUT2D eigenvalue weighted by atomic mass is 19.1. The molecular formula is C25H17F2N5O4. The van der Waals surface area contributed by atoms with Gasteiger partial charge in [0.1, 0.15) is 18.2 Å². The Hall–Kier alpha value is -4.93. The molecule has 0 saturated carbocycles. The maximum absolute atomic E-state index is 13.2. The van der Waals surface area contributed by atoms with Crippen molar-refractivity contribution < 1.29 is 27.7 Å². The molecule has 9 nitrogen and oxygen atoms in total. The van der Waals surface area contributed by atoms with E-state index in [9.17, 15) is 18.4 Å². The van der Waals surface area contributed by atoms with Crippen molar-refractivity contribution in [1.82, 2.24) is 19.9 Å². The molecule has 0 aliphatic carbocycles. The van der Waals surface area contributed by atoms with E-state index in [1.807, 2.05) is 18.2 Å². The molecule has 11 heteroatoms. The number of esters is 1. The highest BCUT2D eigenvalue weighted by Crippen LogP contribution is 2.28. The minimum atomic E-state index is -0.601. The smallest absolute Gasteiger partial charge is 0.338 e. The minimum absolute atomic E-state index is 0.0178. The number of carbonyl (C=O) groups excluding carboxylic acids is 2. The van der Waals surface area contributed by atoms with Crippen LogP contribution in [0.4, 0.5) is 14.6 Å². The molecule has 1 N–H and O–H groups in total. The fraction of sp³-hybridized carbons (Fsp3) is 0.0800. The summed E-state index contributed by atoms with van der Waals surface area (Å²) in [7, 11) is 0. The molecule has 0 radical (unpaired) electrons. The molecule has 5 rings (SSSR count). The molecule has 2 aromatic heterocycles. The SMILES string of the molecule is O=C(Nc1nonc1-c1nc2ccccc2n1CCOC(=O)c1ccc(F)cc1)c1ccc(F)cc1. The lowest BCUT2D eigenvalue weighted by Gasteiger charge is -2.10. The van der Waals surface area contributed by atoms with Crippen LogP contribution in [-0.2, 0) is 11.3 Å². The maximum atomic E-state index is 13.2. The summed E-state index contributed by atoms with van der Waals surface area (Å²) in [5.74, 6) is -1.72. The van der Waals surface area contributed by atoms with E-state index in [0.29, 0.717) is 11.3 Å². The number of carbonyl (C=O) groups is 2. The molecule has 0 aliphatic heterocycles. The van der Waals surface area contributed by atoms with Crippen LogP contribution in [0.3, 0.4) is 0 Å². The molecule has 5 aromatic rings. The first-order chi connectivity index (χ1) is 17.5. The van der Waals surface area contributed by atoms with Crippen LogP contribution in [0.15, 0.2) is 77.4 Å². The van der Waals surface area contributed by atoms with Gasteiger partial charge in [-0.3, -0.25) is 4.79 Å². The summed E-state index contributed by atoms with van der Waals surface area (Å²) in [5, 5.41) is 10.3. The molecule has 0 aliphatic rings. The second-order valence-electron chi connectivity index (χ2n) is 7.64. The van der Waals surface area contributed by atoms with E-state index in [2.05, 4.69) is 20.6 Å². The van der Waals surface area contributed by atoms with Crippen molar-refractivity contribution in [3.8, 4) is 11.5 Å². The summed E-state index contributed by atoms with van der Waals surface area (Å²) in [4.78, 5) is 29.5. The zero-order chi connectivity index (χ0) is 25.1. The van der Waals surface area contributed by atoms with E-state index < -0.39 is 23.5 Å². The van der Waals surface area contributed by atoms with Crippen LogP contribution >= 0.6 is 0 Å². The van der Waals surface area contributed by atoms with Gasteiger partial charge >= 0.3 is 5.97 Å². The van der Waals surface area contributed by atoms with Gasteiger partial charge in [0.15, 0.2) is 11.5 Å². The van der Waals surface area contributed by atoms with E-state index in [1.54, 1.807) is 10.6 Å². The molecule has 3 aromatic carbocycles. The number of anilines is 1. The third kappa shape index (κ3) is 4.67. The largest absolute Gasteiger partial charge is 0.460 e. The van der Waals surface area contributed by atoms with Crippen LogP contribution in [0.2, 0.25) is 0 Å². The number of halogens is 2. The van der Waals surface area contributed by atoms with Crippen molar-refractivity contribution in [2.24, 2.45) is 0 Å². The van der Waals surface area contributed by atoms with Gasteiger partial charge in [-0.2, -0.15) is 0 Å². The van der Waals surface area contributed by atoms with Crippen molar-refractivity contribution in [3.05, 3.63) is 95.6 Å². The normalized spacial score (nSPS) is 10.9. The predicted octanol–water partition coefficient (Wildman–Crippen LogP) is 4.47. The molecule has 0 fully saturated rings. The van der Waals surface area contributed by atoms with Crippen LogP contribution < -0.4 is 5.32 Å². The number of hydrogen-bond donors (Lipinski definition) is 1. The van der Waals surface area contributed by atoms with Crippen molar-refractivity contribution in [2.45, 2.75) is 6.54 Å². The number of benzene rings is 3. The molecule has 0 spiro atoms. The predicted molar refractivity (Wildman–Crippen MR) is 124 cm³/mol. The first kappa shape index (κ1) is 22.8. The number of aromatic nitrogens is 4. The zero-order valence-corrected chi connectivity index (χ0v) is 18.5. The second kappa shape index (κ2) is 9.74. The van der Waals surface area contributed by atoms with Gasteiger partial charge < -0.3 is 14.6 Å². The summed E-state index contributed by atoms with van der Waals surface area (Å²) < 4.78 is 38.3. The number of ether oxygens (including phenoxy) is 1. The highest BCUT2D eigenvalue weighted by molar-refractivity contribution is 6.05. The Bertz CT molecular complexity index is 1550. The van der Waals surface area contributed by atoms with Crippen molar-refractivity contribution in [1.29, 1.82) is 0 Å². The van der Waals surface area contributed by atoms with Gasteiger partial charge in [0.05, 0.1) is 23.1 Å². The third-order valence-corrected chi connectivity index (χ3v) is 5.32. The topological polar surface area (TPSA) is 112 Å². The van der Waals surface area contributed by atoms with Gasteiger partial charge in [-0.25, -0.2) is 23.2 Å². The number of fused-ring (bicyclic) bond motifs is 1. The Morgan fingerprint density at radius 1 is 0.889 bits per heavy atom. The molecule has 0 saturated heterocycles. The van der Waals surface area contributed by atoms with Crippen LogP contribution in [0.5, 0.6) is 0 Å². The van der Waals surface area contributed by atoms with Gasteiger partial charge in [0.25, 0.3) is 5.91 Å². The lowest BCUT2D eigenvalue weighted by molar-refractivity contribution is 0.0492.